The van der Waals surface area contributed by atoms with Crippen molar-refractivity contribution in [2.75, 3.05) is 18.5 Å². The topological polar surface area (TPSA) is 101 Å². The Labute approximate surface area is 160 Å². The zero-order valence-corrected chi connectivity index (χ0v) is 15.4. The second-order valence-electron chi connectivity index (χ2n) is 7.16. The van der Waals surface area contributed by atoms with Crippen LogP contribution in [0.4, 0.5) is 10.2 Å². The van der Waals surface area contributed by atoms with Crippen molar-refractivity contribution in [1.82, 2.24) is 19.9 Å². The van der Waals surface area contributed by atoms with Gasteiger partial charge in [0.1, 0.15) is 29.6 Å². The van der Waals surface area contributed by atoms with E-state index in [0.717, 1.165) is 0 Å². The van der Waals surface area contributed by atoms with Gasteiger partial charge in [-0.3, -0.25) is 4.79 Å². The van der Waals surface area contributed by atoms with Crippen molar-refractivity contribution in [3.63, 3.8) is 0 Å². The summed E-state index contributed by atoms with van der Waals surface area (Å²) in [4.78, 5) is 16.9. The molecule has 3 aromatic rings. The Morgan fingerprint density at radius 2 is 2.18 bits per heavy atom. The molecule has 1 atom stereocenters. The molecular formula is C19H20FN5O3. The number of hydrogen-bond donors (Lipinski definition) is 3. The summed E-state index contributed by atoms with van der Waals surface area (Å²) in [6.07, 6.45) is 3.10. The summed E-state index contributed by atoms with van der Waals surface area (Å²) in [5.41, 5.74) is -0.117. The molecule has 1 unspecified atom stereocenters. The molecule has 1 aliphatic heterocycles. The Kier molecular flexibility index (Phi) is 4.38. The molecule has 0 radical (unpaired) electrons. The zero-order chi connectivity index (χ0) is 19.9. The smallest absolute Gasteiger partial charge is 0.256 e. The lowest BCUT2D eigenvalue weighted by molar-refractivity contribution is 0.0576. The number of anilines is 1. The third-order valence-corrected chi connectivity index (χ3v) is 4.54. The van der Waals surface area contributed by atoms with E-state index in [4.69, 9.17) is 4.74 Å². The van der Waals surface area contributed by atoms with E-state index in [1.165, 1.54) is 28.9 Å². The van der Waals surface area contributed by atoms with E-state index >= 15 is 0 Å². The van der Waals surface area contributed by atoms with Gasteiger partial charge in [-0.2, -0.15) is 5.10 Å². The third kappa shape index (κ3) is 3.36. The molecule has 9 heteroatoms. The zero-order valence-electron chi connectivity index (χ0n) is 15.4. The average molecular weight is 385 g/mol. The number of ether oxygens (including phenoxy) is 1. The van der Waals surface area contributed by atoms with Gasteiger partial charge in [-0.25, -0.2) is 13.9 Å². The van der Waals surface area contributed by atoms with Crippen LogP contribution in [0.5, 0.6) is 5.75 Å². The van der Waals surface area contributed by atoms with E-state index in [1.54, 1.807) is 26.1 Å². The van der Waals surface area contributed by atoms with Crippen LogP contribution in [0.2, 0.25) is 0 Å². The van der Waals surface area contributed by atoms with Gasteiger partial charge < -0.3 is 20.5 Å². The Bertz CT molecular complexity index is 1040. The first-order chi connectivity index (χ1) is 13.3. The van der Waals surface area contributed by atoms with Crippen molar-refractivity contribution in [3.05, 3.63) is 53.6 Å². The number of nitrogens with one attached hydrogen (secondary N) is 2. The molecule has 1 amide bonds. The van der Waals surface area contributed by atoms with Crippen LogP contribution in [0.1, 0.15) is 35.8 Å². The number of fused-ring (bicyclic) bond motifs is 2. The fourth-order valence-corrected chi connectivity index (χ4v) is 3.19. The molecule has 0 fully saturated rings. The quantitative estimate of drug-likeness (QED) is 0.592. The predicted octanol–water partition coefficient (Wildman–Crippen LogP) is 1.91. The Hall–Kier alpha value is -3.20. The number of nitrogens with zero attached hydrogens (tertiary/aromatic N) is 3. The van der Waals surface area contributed by atoms with Crippen LogP contribution in [0.15, 0.2) is 36.7 Å². The SMILES string of the molecule is CC(C)(O)C1Nc2ccn3ncc(c3n2)C(=O)NCCOc2ccc(F)cc21. The number of aliphatic hydroxyl groups is 1. The minimum absolute atomic E-state index is 0.179. The summed E-state index contributed by atoms with van der Waals surface area (Å²) < 4.78 is 21.3. The maximum absolute atomic E-state index is 14.0. The minimum Gasteiger partial charge on any atom is -0.491 e. The van der Waals surface area contributed by atoms with Gasteiger partial charge in [0.2, 0.25) is 0 Å². The van der Waals surface area contributed by atoms with Gasteiger partial charge in [0.25, 0.3) is 5.91 Å². The fraction of sp³-hybridized carbons (Fsp3) is 0.316. The summed E-state index contributed by atoms with van der Waals surface area (Å²) in [5, 5.41) is 20.8. The third-order valence-electron chi connectivity index (χ3n) is 4.54. The van der Waals surface area contributed by atoms with E-state index < -0.39 is 17.5 Å². The Morgan fingerprint density at radius 1 is 1.36 bits per heavy atom. The summed E-state index contributed by atoms with van der Waals surface area (Å²) in [5.74, 6) is 0.0561. The number of amides is 1. The van der Waals surface area contributed by atoms with Gasteiger partial charge >= 0.3 is 0 Å². The van der Waals surface area contributed by atoms with Crippen LogP contribution in [-0.4, -0.2) is 44.4 Å². The van der Waals surface area contributed by atoms with E-state index in [1.807, 2.05) is 0 Å². The lowest BCUT2D eigenvalue weighted by Crippen LogP contribution is -2.35. The number of rotatable bonds is 1. The summed E-state index contributed by atoms with van der Waals surface area (Å²) in [6, 6.07) is 5.08. The summed E-state index contributed by atoms with van der Waals surface area (Å²) in [6.45, 7) is 3.66. The molecular weight excluding hydrogens is 365 g/mol. The van der Waals surface area contributed by atoms with Gasteiger partial charge in [0.05, 0.1) is 24.4 Å². The van der Waals surface area contributed by atoms with E-state index in [9.17, 15) is 14.3 Å². The number of benzene rings is 1. The molecule has 3 heterocycles. The highest BCUT2D eigenvalue weighted by Gasteiger charge is 2.32. The van der Waals surface area contributed by atoms with E-state index in [2.05, 4.69) is 20.7 Å². The molecule has 0 aliphatic carbocycles. The molecule has 8 nitrogen and oxygen atoms in total. The highest BCUT2D eigenvalue weighted by Crippen LogP contribution is 2.35. The fourth-order valence-electron chi connectivity index (χ4n) is 3.19. The standard InChI is InChI=1S/C19H20FN5O3/c1-19(2,27)16-12-9-11(20)3-4-14(12)28-8-6-21-18(26)13-10-22-25-7-5-15(23-16)24-17(13)25/h3-5,7,9-10,16,27H,6,8H2,1-2H3,(H,21,26)(H,23,24). The summed E-state index contributed by atoms with van der Waals surface area (Å²) >= 11 is 0. The highest BCUT2D eigenvalue weighted by atomic mass is 19.1. The first kappa shape index (κ1) is 18.2. The molecule has 2 aromatic heterocycles. The normalized spacial score (nSPS) is 17.6. The van der Waals surface area contributed by atoms with Gasteiger partial charge in [-0.15, -0.1) is 0 Å². The molecule has 1 aliphatic rings. The van der Waals surface area contributed by atoms with Crippen LogP contribution in [0.25, 0.3) is 5.65 Å². The Balaban J connectivity index is 1.87. The van der Waals surface area contributed by atoms with Crippen LogP contribution < -0.4 is 15.4 Å². The number of carbonyl (C=O) groups is 1. The average Bonchev–Trinajstić information content (AvgIpc) is 3.06. The van der Waals surface area contributed by atoms with Crippen molar-refractivity contribution in [3.8, 4) is 5.75 Å². The molecule has 0 spiro atoms. The van der Waals surface area contributed by atoms with Crippen LogP contribution in [-0.2, 0) is 0 Å². The lowest BCUT2D eigenvalue weighted by Gasteiger charge is -2.32. The van der Waals surface area contributed by atoms with Crippen LogP contribution in [0.3, 0.4) is 0 Å². The first-order valence-corrected chi connectivity index (χ1v) is 8.87. The number of carbonyl (C=O) groups excluding carboxylic acids is 1. The van der Waals surface area contributed by atoms with Crippen molar-refractivity contribution >= 4 is 17.4 Å². The van der Waals surface area contributed by atoms with Gasteiger partial charge in [-0.05, 0) is 38.1 Å². The molecule has 28 heavy (non-hydrogen) atoms. The maximum Gasteiger partial charge on any atom is 0.256 e. The van der Waals surface area contributed by atoms with Gasteiger partial charge in [-0.1, -0.05) is 0 Å². The monoisotopic (exact) mass is 385 g/mol. The van der Waals surface area contributed by atoms with Crippen molar-refractivity contribution in [1.29, 1.82) is 0 Å². The van der Waals surface area contributed by atoms with Crippen molar-refractivity contribution < 1.29 is 19.0 Å². The van der Waals surface area contributed by atoms with Gasteiger partial charge in [0, 0.05) is 11.8 Å². The molecule has 1 aromatic carbocycles. The maximum atomic E-state index is 14.0. The van der Waals surface area contributed by atoms with E-state index in [-0.39, 0.29) is 19.1 Å². The molecule has 3 N–H and O–H groups in total. The number of hydrogen-bond acceptors (Lipinski definition) is 6. The highest BCUT2D eigenvalue weighted by molar-refractivity contribution is 5.99. The Morgan fingerprint density at radius 3 is 2.96 bits per heavy atom. The van der Waals surface area contributed by atoms with Crippen molar-refractivity contribution in [2.45, 2.75) is 25.5 Å². The minimum atomic E-state index is -1.27. The molecule has 146 valence electrons. The van der Waals surface area contributed by atoms with Gasteiger partial charge in [0.15, 0.2) is 5.65 Å². The largest absolute Gasteiger partial charge is 0.491 e. The summed E-state index contributed by atoms with van der Waals surface area (Å²) in [7, 11) is 0. The van der Waals surface area contributed by atoms with Crippen molar-refractivity contribution in [2.24, 2.45) is 0 Å². The molecule has 4 rings (SSSR count). The lowest BCUT2D eigenvalue weighted by atomic mass is 9.91. The predicted molar refractivity (Wildman–Crippen MR) is 99.9 cm³/mol. The number of halogens is 1. The second-order valence-corrected chi connectivity index (χ2v) is 7.16. The first-order valence-electron chi connectivity index (χ1n) is 8.87. The molecule has 0 saturated carbocycles. The second kappa shape index (κ2) is 6.75. The number of aromatic nitrogens is 3. The van der Waals surface area contributed by atoms with Crippen LogP contribution in [0, 0.1) is 5.82 Å². The van der Waals surface area contributed by atoms with E-state index in [0.29, 0.717) is 28.3 Å². The van der Waals surface area contributed by atoms with Crippen LogP contribution >= 0.6 is 0 Å². The molecule has 2 bridgehead atoms. The molecule has 0 saturated heterocycles.